The second kappa shape index (κ2) is 14.0. The van der Waals surface area contributed by atoms with Crippen LogP contribution in [0.25, 0.3) is 0 Å². The van der Waals surface area contributed by atoms with Gasteiger partial charge in [0.15, 0.2) is 0 Å². The van der Waals surface area contributed by atoms with E-state index in [1.807, 2.05) is 13.8 Å². The SMILES string of the molecule is CC.CC(F)(F)CN1CCC(C(=O)N2Cc3cc(F)cnc3Nc3cc(F)c(N[C@H]4CC[C@@H](CCO)OC4)cc32)CC1.[HH]. The fourth-order valence-corrected chi connectivity index (χ4v) is 5.75. The molecule has 8 nitrogen and oxygen atoms in total. The molecule has 2 fully saturated rings. The van der Waals surface area contributed by atoms with Crippen LogP contribution < -0.4 is 15.5 Å². The molecule has 4 heterocycles. The van der Waals surface area contributed by atoms with Gasteiger partial charge in [0, 0.05) is 38.5 Å². The number of hydrogen-bond acceptors (Lipinski definition) is 7. The summed E-state index contributed by atoms with van der Waals surface area (Å²) >= 11 is 0. The maximum Gasteiger partial charge on any atom is 0.257 e. The minimum absolute atomic E-state index is 0. The van der Waals surface area contributed by atoms with E-state index in [0.29, 0.717) is 61.7 Å². The highest BCUT2D eigenvalue weighted by molar-refractivity contribution is 6.00. The monoisotopic (exact) mass is 597 g/mol. The van der Waals surface area contributed by atoms with Gasteiger partial charge in [-0.15, -0.1) is 0 Å². The first kappa shape index (κ1) is 32.0. The number of nitrogens with one attached hydrogen (secondary N) is 2. The Balaban J connectivity index is 0.00000165. The average molecular weight is 598 g/mol. The number of carbonyl (C=O) groups is 1. The Hall–Kier alpha value is -2.96. The standard InChI is InChI=1S/C28H35F4N5O3.C2H6.H2/c1-28(31,32)16-36-7-4-17(5-8-36)27(39)37-14-18-10-19(29)13-33-26(18)35-24-11-22(30)23(12-25(24)37)34-20-2-3-21(6-9-38)40-15-20;1-2;/h10-13,17,20-21,34,38H,2-9,14-16H2,1H3,(H,33,35);1-2H3;1H/t20-,21-;;/m0../s1. The van der Waals surface area contributed by atoms with E-state index in [0.717, 1.165) is 26.0 Å². The van der Waals surface area contributed by atoms with Crippen LogP contribution in [0.1, 0.15) is 59.9 Å². The summed E-state index contributed by atoms with van der Waals surface area (Å²) in [6, 6.07) is 4.01. The third-order valence-electron chi connectivity index (χ3n) is 7.78. The lowest BCUT2D eigenvalue weighted by atomic mass is 9.94. The number of likely N-dealkylation sites (tertiary alicyclic amines) is 1. The summed E-state index contributed by atoms with van der Waals surface area (Å²) in [5.41, 5.74) is 1.39. The minimum Gasteiger partial charge on any atom is -0.396 e. The maximum absolute atomic E-state index is 15.3. The number of anilines is 4. The van der Waals surface area contributed by atoms with Gasteiger partial charge in [-0.3, -0.25) is 9.69 Å². The molecule has 5 rings (SSSR count). The summed E-state index contributed by atoms with van der Waals surface area (Å²) < 4.78 is 62.3. The summed E-state index contributed by atoms with van der Waals surface area (Å²) in [6.07, 6.45) is 3.85. The van der Waals surface area contributed by atoms with Crippen LogP contribution >= 0.6 is 0 Å². The number of aromatic nitrogens is 1. The number of benzene rings is 1. The van der Waals surface area contributed by atoms with E-state index in [2.05, 4.69) is 15.6 Å². The first-order valence-electron chi connectivity index (χ1n) is 14.7. The second-order valence-electron chi connectivity index (χ2n) is 11.1. The lowest BCUT2D eigenvalue weighted by molar-refractivity contribution is -0.124. The Morgan fingerprint density at radius 2 is 1.93 bits per heavy atom. The van der Waals surface area contributed by atoms with Crippen LogP contribution in [-0.4, -0.2) is 71.8 Å². The first-order valence-corrected chi connectivity index (χ1v) is 14.7. The molecule has 2 aromatic rings. The molecule has 12 heteroatoms. The molecule has 2 atom stereocenters. The highest BCUT2D eigenvalue weighted by Gasteiger charge is 2.35. The van der Waals surface area contributed by atoms with Crippen LogP contribution in [0, 0.1) is 17.6 Å². The van der Waals surface area contributed by atoms with Gasteiger partial charge in [0.25, 0.3) is 5.92 Å². The molecule has 42 heavy (non-hydrogen) atoms. The molecule has 0 spiro atoms. The quantitative estimate of drug-likeness (QED) is 0.341. The van der Waals surface area contributed by atoms with Gasteiger partial charge in [-0.25, -0.2) is 22.5 Å². The summed E-state index contributed by atoms with van der Waals surface area (Å²) in [7, 11) is 0. The number of piperidine rings is 1. The van der Waals surface area contributed by atoms with Crippen molar-refractivity contribution < 1.29 is 33.6 Å². The van der Waals surface area contributed by atoms with Crippen molar-refractivity contribution in [3.8, 4) is 0 Å². The Labute approximate surface area is 245 Å². The Morgan fingerprint density at radius 3 is 2.57 bits per heavy atom. The third kappa shape index (κ3) is 7.90. The Morgan fingerprint density at radius 1 is 1.19 bits per heavy atom. The minimum atomic E-state index is -2.82. The summed E-state index contributed by atoms with van der Waals surface area (Å²) in [6.45, 7) is 5.67. The molecule has 2 saturated heterocycles. The first-order chi connectivity index (χ1) is 20.1. The molecule has 1 aromatic carbocycles. The number of alkyl halides is 2. The van der Waals surface area contributed by atoms with Crippen LogP contribution in [-0.2, 0) is 16.1 Å². The number of hydrogen-bond donors (Lipinski definition) is 3. The van der Waals surface area contributed by atoms with Crippen LogP contribution in [0.15, 0.2) is 24.4 Å². The molecule has 0 unspecified atom stereocenters. The number of carbonyl (C=O) groups excluding carboxylic acids is 1. The molecule has 3 aliphatic rings. The van der Waals surface area contributed by atoms with Gasteiger partial charge in [0.1, 0.15) is 17.5 Å². The smallest absolute Gasteiger partial charge is 0.257 e. The Kier molecular flexibility index (Phi) is 10.7. The second-order valence-corrected chi connectivity index (χ2v) is 11.1. The van der Waals surface area contributed by atoms with Crippen molar-refractivity contribution in [1.29, 1.82) is 0 Å². The Bertz CT molecular complexity index is 1220. The van der Waals surface area contributed by atoms with E-state index in [4.69, 9.17) is 9.84 Å². The van der Waals surface area contributed by atoms with Gasteiger partial charge in [-0.05, 0) is 57.3 Å². The van der Waals surface area contributed by atoms with E-state index in [9.17, 15) is 18.0 Å². The molecule has 0 aliphatic carbocycles. The largest absolute Gasteiger partial charge is 0.396 e. The normalized spacial score (nSPS) is 21.3. The zero-order valence-electron chi connectivity index (χ0n) is 24.4. The molecule has 0 radical (unpaired) electrons. The van der Waals surface area contributed by atoms with Gasteiger partial charge < -0.3 is 25.4 Å². The topological polar surface area (TPSA) is 90.0 Å². The maximum atomic E-state index is 15.3. The molecule has 234 valence electrons. The van der Waals surface area contributed by atoms with Gasteiger partial charge in [0.2, 0.25) is 5.91 Å². The van der Waals surface area contributed by atoms with Crippen molar-refractivity contribution in [1.82, 2.24) is 9.88 Å². The van der Waals surface area contributed by atoms with Crippen LogP contribution in [0.3, 0.4) is 0 Å². The highest BCUT2D eigenvalue weighted by Crippen LogP contribution is 2.40. The predicted octanol–water partition coefficient (Wildman–Crippen LogP) is 5.93. The van der Waals surface area contributed by atoms with Gasteiger partial charge >= 0.3 is 0 Å². The van der Waals surface area contributed by atoms with E-state index in [1.54, 1.807) is 11.0 Å². The number of nitrogens with zero attached hydrogens (tertiary/aromatic N) is 3. The summed E-state index contributed by atoms with van der Waals surface area (Å²) in [4.78, 5) is 21.2. The van der Waals surface area contributed by atoms with Gasteiger partial charge in [-0.2, -0.15) is 0 Å². The number of aliphatic hydroxyl groups excluding tert-OH is 1. The van der Waals surface area contributed by atoms with Crippen LogP contribution in [0.5, 0.6) is 0 Å². The number of rotatable bonds is 7. The zero-order valence-corrected chi connectivity index (χ0v) is 24.4. The van der Waals surface area contributed by atoms with Crippen LogP contribution in [0.4, 0.5) is 40.4 Å². The molecule has 3 N–H and O–H groups in total. The van der Waals surface area contributed by atoms with Crippen molar-refractivity contribution in [3.63, 3.8) is 0 Å². The van der Waals surface area contributed by atoms with E-state index < -0.39 is 23.5 Å². The molecule has 1 amide bonds. The lowest BCUT2D eigenvalue weighted by Gasteiger charge is -2.35. The fourth-order valence-electron chi connectivity index (χ4n) is 5.75. The fraction of sp³-hybridized carbons (Fsp3) is 0.600. The van der Waals surface area contributed by atoms with E-state index in [1.165, 1.54) is 17.0 Å². The molecule has 0 bridgehead atoms. The molecule has 3 aliphatic heterocycles. The molecular weight excluding hydrogens is 554 g/mol. The number of halogens is 4. The number of fused-ring (bicyclic) bond motifs is 2. The van der Waals surface area contributed by atoms with Crippen molar-refractivity contribution in [2.75, 3.05) is 48.4 Å². The number of amides is 1. The van der Waals surface area contributed by atoms with Gasteiger partial charge in [0.05, 0.1) is 49.1 Å². The predicted molar refractivity (Wildman–Crippen MR) is 156 cm³/mol. The van der Waals surface area contributed by atoms with Gasteiger partial charge in [-0.1, -0.05) is 13.8 Å². The summed E-state index contributed by atoms with van der Waals surface area (Å²) in [5.74, 6) is -4.23. The van der Waals surface area contributed by atoms with Crippen molar-refractivity contribution in [2.45, 2.75) is 77.5 Å². The molecular formula is C30H43F4N5O3. The summed E-state index contributed by atoms with van der Waals surface area (Å²) in [5, 5.41) is 15.4. The third-order valence-corrected chi connectivity index (χ3v) is 7.78. The van der Waals surface area contributed by atoms with Crippen molar-refractivity contribution >= 4 is 28.8 Å². The van der Waals surface area contributed by atoms with Crippen molar-refractivity contribution in [2.24, 2.45) is 5.92 Å². The average Bonchev–Trinajstić information content (AvgIpc) is 3.11. The lowest BCUT2D eigenvalue weighted by Crippen LogP contribution is -2.45. The van der Waals surface area contributed by atoms with E-state index in [-0.39, 0.29) is 44.9 Å². The number of ether oxygens (including phenoxy) is 1. The zero-order chi connectivity index (χ0) is 30.4. The molecule has 0 saturated carbocycles. The number of pyridine rings is 1. The number of aliphatic hydroxyl groups is 1. The van der Waals surface area contributed by atoms with Crippen molar-refractivity contribution in [3.05, 3.63) is 41.6 Å². The van der Waals surface area contributed by atoms with Crippen LogP contribution in [0.2, 0.25) is 0 Å². The highest BCUT2D eigenvalue weighted by atomic mass is 19.3. The van der Waals surface area contributed by atoms with E-state index >= 15 is 4.39 Å². The molecule has 1 aromatic heterocycles.